The van der Waals surface area contributed by atoms with Gasteiger partial charge in [-0.1, -0.05) is 18.2 Å². The average molecular weight is 420 g/mol. The third kappa shape index (κ3) is 3.11. The van der Waals surface area contributed by atoms with Crippen LogP contribution in [0.2, 0.25) is 0 Å². The fraction of sp³-hybridized carbons (Fsp3) is 0.174. The molecule has 156 valence electrons. The third-order valence-corrected chi connectivity index (χ3v) is 5.79. The highest BCUT2D eigenvalue weighted by Gasteiger charge is 2.36. The summed E-state index contributed by atoms with van der Waals surface area (Å²) < 4.78 is 31.0. The fourth-order valence-electron chi connectivity index (χ4n) is 4.38. The van der Waals surface area contributed by atoms with Crippen molar-refractivity contribution in [3.05, 3.63) is 99.6 Å². The molecule has 2 aromatic heterocycles. The van der Waals surface area contributed by atoms with Crippen LogP contribution in [0.15, 0.2) is 65.8 Å². The number of nitrogens with zero attached hydrogens (tertiary/aromatic N) is 4. The first-order valence-electron chi connectivity index (χ1n) is 9.78. The topological polar surface area (TPSA) is 72.9 Å². The Labute approximate surface area is 176 Å². The molecule has 6 nitrogen and oxygen atoms in total. The monoisotopic (exact) mass is 420 g/mol. The summed E-state index contributed by atoms with van der Waals surface area (Å²) in [4.78, 5) is 16.4. The van der Waals surface area contributed by atoms with E-state index in [-0.39, 0.29) is 23.2 Å². The van der Waals surface area contributed by atoms with Gasteiger partial charge in [0.1, 0.15) is 17.3 Å². The molecule has 1 aliphatic rings. The molecule has 0 spiro atoms. The molecule has 0 amide bonds. The zero-order chi connectivity index (χ0) is 21.7. The predicted molar refractivity (Wildman–Crippen MR) is 110 cm³/mol. The summed E-state index contributed by atoms with van der Waals surface area (Å²) in [6.07, 6.45) is 4.43. The molecular formula is C23H18F2N4O2. The van der Waals surface area contributed by atoms with Gasteiger partial charge < -0.3 is 9.67 Å². The lowest BCUT2D eigenvalue weighted by atomic mass is 9.82. The van der Waals surface area contributed by atoms with Gasteiger partial charge in [-0.05, 0) is 47.9 Å². The third-order valence-electron chi connectivity index (χ3n) is 5.79. The highest BCUT2D eigenvalue weighted by atomic mass is 19.1. The van der Waals surface area contributed by atoms with E-state index in [1.54, 1.807) is 35.3 Å². The van der Waals surface area contributed by atoms with Crippen molar-refractivity contribution in [3.63, 3.8) is 0 Å². The van der Waals surface area contributed by atoms with Gasteiger partial charge in [0, 0.05) is 24.9 Å². The van der Waals surface area contributed by atoms with Crippen LogP contribution in [0, 0.1) is 18.6 Å². The smallest absolute Gasteiger partial charge is 0.242 e. The first-order valence-corrected chi connectivity index (χ1v) is 9.78. The Morgan fingerprint density at radius 2 is 1.87 bits per heavy atom. The molecule has 0 unspecified atom stereocenters. The van der Waals surface area contributed by atoms with Gasteiger partial charge in [0.25, 0.3) is 0 Å². The summed E-state index contributed by atoms with van der Waals surface area (Å²) in [5.41, 5.74) is 2.00. The molecule has 0 saturated carbocycles. The van der Waals surface area contributed by atoms with E-state index in [2.05, 4.69) is 10.1 Å². The maximum absolute atomic E-state index is 13.9. The maximum atomic E-state index is 13.9. The number of imidazole rings is 1. The predicted octanol–water partition coefficient (Wildman–Crippen LogP) is 3.79. The number of fused-ring (bicyclic) bond motifs is 3. The molecule has 5 rings (SSSR count). The summed E-state index contributed by atoms with van der Waals surface area (Å²) in [6.45, 7) is 2.26. The van der Waals surface area contributed by atoms with Crippen LogP contribution in [0.1, 0.15) is 28.7 Å². The molecule has 0 saturated heterocycles. The van der Waals surface area contributed by atoms with Crippen molar-refractivity contribution in [2.45, 2.75) is 25.4 Å². The van der Waals surface area contributed by atoms with Crippen molar-refractivity contribution >= 4 is 0 Å². The molecule has 1 N–H and O–H groups in total. The van der Waals surface area contributed by atoms with Crippen LogP contribution in [0.4, 0.5) is 8.78 Å². The van der Waals surface area contributed by atoms with E-state index < -0.39 is 17.2 Å². The van der Waals surface area contributed by atoms with E-state index in [1.165, 1.54) is 24.3 Å². The molecule has 3 heterocycles. The van der Waals surface area contributed by atoms with Crippen LogP contribution < -0.4 is 5.43 Å². The number of aromatic nitrogens is 4. The SMILES string of the molecule is Cc1cc(F)ccc1[C@H](c1ccc(F)cc1)[C@H]1Cn2ccnc2-c2c(O)c(=O)cnn21. The van der Waals surface area contributed by atoms with E-state index in [0.717, 1.165) is 22.9 Å². The molecule has 4 aromatic rings. The summed E-state index contributed by atoms with van der Waals surface area (Å²) in [5, 5.41) is 14.9. The largest absolute Gasteiger partial charge is 0.503 e. The number of halogens is 2. The van der Waals surface area contributed by atoms with E-state index in [4.69, 9.17) is 0 Å². The Balaban J connectivity index is 1.77. The van der Waals surface area contributed by atoms with Crippen molar-refractivity contribution in [1.29, 1.82) is 0 Å². The molecular weight excluding hydrogens is 402 g/mol. The summed E-state index contributed by atoms with van der Waals surface area (Å²) >= 11 is 0. The van der Waals surface area contributed by atoms with E-state index in [9.17, 15) is 18.7 Å². The highest BCUT2D eigenvalue weighted by molar-refractivity contribution is 5.60. The Kier molecular flexibility index (Phi) is 4.43. The second kappa shape index (κ2) is 7.16. The van der Waals surface area contributed by atoms with Gasteiger partial charge in [0.15, 0.2) is 11.6 Å². The summed E-state index contributed by atoms with van der Waals surface area (Å²) in [5.74, 6) is -1.06. The number of benzene rings is 2. The lowest BCUT2D eigenvalue weighted by Crippen LogP contribution is -2.32. The number of rotatable bonds is 3. The van der Waals surface area contributed by atoms with Gasteiger partial charge in [-0.3, -0.25) is 9.48 Å². The van der Waals surface area contributed by atoms with Crippen LogP contribution >= 0.6 is 0 Å². The molecule has 1 aliphatic heterocycles. The van der Waals surface area contributed by atoms with E-state index in [0.29, 0.717) is 12.4 Å². The van der Waals surface area contributed by atoms with Gasteiger partial charge in [-0.2, -0.15) is 5.10 Å². The van der Waals surface area contributed by atoms with Gasteiger partial charge in [-0.25, -0.2) is 13.8 Å². The first kappa shape index (κ1) is 19.2. The van der Waals surface area contributed by atoms with Crippen molar-refractivity contribution in [2.24, 2.45) is 0 Å². The first-order chi connectivity index (χ1) is 14.9. The standard InChI is InChI=1S/C23H18F2N4O2/c1-13-10-16(25)6-7-17(13)20(14-2-4-15(24)5-3-14)18-12-28-9-8-26-23(28)21-22(31)19(30)11-27-29(18)21/h2-11,18,20,31H,12H2,1H3/t18-,20+/m1/s1. The number of aromatic hydroxyl groups is 1. The minimum Gasteiger partial charge on any atom is -0.503 e. The Hall–Kier alpha value is -3.81. The van der Waals surface area contributed by atoms with Gasteiger partial charge in [0.2, 0.25) is 5.43 Å². The van der Waals surface area contributed by atoms with Crippen molar-refractivity contribution in [1.82, 2.24) is 19.3 Å². The van der Waals surface area contributed by atoms with E-state index in [1.807, 2.05) is 11.5 Å². The zero-order valence-corrected chi connectivity index (χ0v) is 16.5. The second-order valence-electron chi connectivity index (χ2n) is 7.65. The molecule has 0 fully saturated rings. The quantitative estimate of drug-likeness (QED) is 0.547. The number of hydrogen-bond acceptors (Lipinski definition) is 4. The number of hydrogen-bond donors (Lipinski definition) is 1. The average Bonchev–Trinajstić information content (AvgIpc) is 3.22. The molecule has 0 aliphatic carbocycles. The summed E-state index contributed by atoms with van der Waals surface area (Å²) in [6, 6.07) is 10.3. The van der Waals surface area contributed by atoms with Crippen LogP contribution in [-0.4, -0.2) is 24.4 Å². The van der Waals surface area contributed by atoms with Crippen LogP contribution in [0.3, 0.4) is 0 Å². The Morgan fingerprint density at radius 3 is 2.61 bits per heavy atom. The second-order valence-corrected chi connectivity index (χ2v) is 7.65. The van der Waals surface area contributed by atoms with Crippen LogP contribution in [0.25, 0.3) is 11.5 Å². The van der Waals surface area contributed by atoms with Crippen LogP contribution in [0.5, 0.6) is 5.75 Å². The summed E-state index contributed by atoms with van der Waals surface area (Å²) in [7, 11) is 0. The van der Waals surface area contributed by atoms with Gasteiger partial charge in [0.05, 0.1) is 12.2 Å². The van der Waals surface area contributed by atoms with Crippen LogP contribution in [-0.2, 0) is 6.54 Å². The molecule has 0 bridgehead atoms. The van der Waals surface area contributed by atoms with Gasteiger partial charge in [-0.15, -0.1) is 0 Å². The molecule has 8 heteroatoms. The molecule has 2 aromatic carbocycles. The fourth-order valence-corrected chi connectivity index (χ4v) is 4.38. The number of aryl methyl sites for hydroxylation is 1. The Bertz CT molecular complexity index is 1340. The van der Waals surface area contributed by atoms with Crippen molar-refractivity contribution in [2.75, 3.05) is 0 Å². The molecule has 2 atom stereocenters. The van der Waals surface area contributed by atoms with Crippen molar-refractivity contribution in [3.8, 4) is 17.3 Å². The molecule has 31 heavy (non-hydrogen) atoms. The maximum Gasteiger partial charge on any atom is 0.242 e. The highest BCUT2D eigenvalue weighted by Crippen LogP contribution is 2.43. The zero-order valence-electron chi connectivity index (χ0n) is 16.5. The minimum atomic E-state index is -0.599. The van der Waals surface area contributed by atoms with Gasteiger partial charge >= 0.3 is 0 Å². The van der Waals surface area contributed by atoms with Crippen molar-refractivity contribution < 1.29 is 13.9 Å². The molecule has 0 radical (unpaired) electrons. The lowest BCUT2D eigenvalue weighted by Gasteiger charge is -2.35. The minimum absolute atomic E-state index is 0.223. The normalized spacial score (nSPS) is 15.9. The van der Waals surface area contributed by atoms with E-state index >= 15 is 0 Å². The lowest BCUT2D eigenvalue weighted by molar-refractivity contribution is 0.330. The Morgan fingerprint density at radius 1 is 1.13 bits per heavy atom.